The molecule has 108 valence electrons. The van der Waals surface area contributed by atoms with Crippen LogP contribution in [0.25, 0.3) is 0 Å². The van der Waals surface area contributed by atoms with Gasteiger partial charge in [-0.2, -0.15) is 0 Å². The van der Waals surface area contributed by atoms with Crippen LogP contribution in [-0.4, -0.2) is 44.8 Å². The zero-order valence-electron chi connectivity index (χ0n) is 11.5. The predicted molar refractivity (Wildman–Crippen MR) is 78.4 cm³/mol. The predicted octanol–water partition coefficient (Wildman–Crippen LogP) is 1.21. The van der Waals surface area contributed by atoms with E-state index >= 15 is 0 Å². The van der Waals surface area contributed by atoms with Gasteiger partial charge in [0.15, 0.2) is 0 Å². The van der Waals surface area contributed by atoms with E-state index in [1.165, 1.54) is 0 Å². The summed E-state index contributed by atoms with van der Waals surface area (Å²) < 4.78 is 26.6. The summed E-state index contributed by atoms with van der Waals surface area (Å²) in [5, 5.41) is 0. The monoisotopic (exact) mass is 293 g/mol. The number of likely N-dealkylation sites (tertiary alicyclic amines) is 1. The number of hydrogen-bond donors (Lipinski definition) is 1. The highest BCUT2D eigenvalue weighted by Gasteiger charge is 2.31. The maximum absolute atomic E-state index is 12.0. The molecule has 1 aromatic rings. The van der Waals surface area contributed by atoms with Crippen LogP contribution in [0.1, 0.15) is 25.3 Å². The van der Waals surface area contributed by atoms with E-state index in [0.717, 1.165) is 32.5 Å². The first-order valence-electron chi connectivity index (χ1n) is 7.02. The largest absolute Gasteiger partial charge is 0.303 e. The topological polar surface area (TPSA) is 61.8 Å². The maximum Gasteiger partial charge on any atom is 0.263 e. The van der Waals surface area contributed by atoms with Crippen LogP contribution in [0.2, 0.25) is 0 Å². The number of aliphatic imine (C=N–C) groups is 1. The van der Waals surface area contributed by atoms with Gasteiger partial charge < -0.3 is 4.90 Å². The van der Waals surface area contributed by atoms with Gasteiger partial charge in [-0.05, 0) is 31.5 Å². The molecule has 0 aromatic heterocycles. The smallest absolute Gasteiger partial charge is 0.263 e. The average Bonchev–Trinajstić information content (AvgIpc) is 2.72. The molecule has 2 aliphatic rings. The molecular formula is C14H19N3O2S. The van der Waals surface area contributed by atoms with Gasteiger partial charge in [-0.1, -0.05) is 19.1 Å². The fourth-order valence-corrected chi connectivity index (χ4v) is 4.02. The van der Waals surface area contributed by atoms with Gasteiger partial charge in [-0.15, -0.1) is 0 Å². The number of sulfonamides is 1. The molecule has 20 heavy (non-hydrogen) atoms. The molecule has 1 N–H and O–H groups in total. The lowest BCUT2D eigenvalue weighted by Gasteiger charge is -2.29. The second-order valence-electron chi connectivity index (χ2n) is 5.24. The Bertz CT molecular complexity index is 632. The van der Waals surface area contributed by atoms with Crippen molar-refractivity contribution in [1.82, 2.24) is 9.62 Å². The average molecular weight is 293 g/mol. The number of hydrogen-bond acceptors (Lipinski definition) is 4. The van der Waals surface area contributed by atoms with Crippen molar-refractivity contribution in [3.8, 4) is 0 Å². The number of amidine groups is 1. The van der Waals surface area contributed by atoms with Crippen molar-refractivity contribution < 1.29 is 8.42 Å². The number of nitrogens with one attached hydrogen (secondary N) is 1. The quantitative estimate of drug-likeness (QED) is 0.891. The Balaban J connectivity index is 1.84. The van der Waals surface area contributed by atoms with E-state index in [9.17, 15) is 8.42 Å². The Kier molecular flexibility index (Phi) is 3.52. The molecule has 0 bridgehead atoms. The van der Waals surface area contributed by atoms with Crippen molar-refractivity contribution in [2.24, 2.45) is 4.99 Å². The van der Waals surface area contributed by atoms with Crippen LogP contribution in [-0.2, 0) is 10.0 Å². The van der Waals surface area contributed by atoms with Gasteiger partial charge in [0, 0.05) is 18.7 Å². The first-order chi connectivity index (χ1) is 9.60. The van der Waals surface area contributed by atoms with E-state index in [0.29, 0.717) is 16.3 Å². The lowest BCUT2D eigenvalue weighted by Crippen LogP contribution is -2.36. The van der Waals surface area contributed by atoms with Crippen molar-refractivity contribution in [2.75, 3.05) is 19.6 Å². The van der Waals surface area contributed by atoms with E-state index in [1.807, 2.05) is 12.1 Å². The summed E-state index contributed by atoms with van der Waals surface area (Å²) in [5.74, 6) is 0.510. The fourth-order valence-electron chi connectivity index (χ4n) is 2.78. The SMILES string of the molecule is CCN1CCC(N=C2NS(=O)(=O)c3ccccc32)CC1. The van der Waals surface area contributed by atoms with Gasteiger partial charge in [-0.3, -0.25) is 9.71 Å². The van der Waals surface area contributed by atoms with E-state index in [4.69, 9.17) is 0 Å². The van der Waals surface area contributed by atoms with E-state index in [2.05, 4.69) is 21.5 Å². The van der Waals surface area contributed by atoms with Crippen LogP contribution in [0.4, 0.5) is 0 Å². The molecule has 0 radical (unpaired) electrons. The Morgan fingerprint density at radius 1 is 1.30 bits per heavy atom. The molecule has 5 nitrogen and oxygen atoms in total. The number of piperidine rings is 1. The molecule has 0 aliphatic carbocycles. The Hall–Kier alpha value is -1.40. The number of benzene rings is 1. The van der Waals surface area contributed by atoms with Crippen molar-refractivity contribution in [2.45, 2.75) is 30.7 Å². The maximum atomic E-state index is 12.0. The third-order valence-electron chi connectivity index (χ3n) is 3.98. The van der Waals surface area contributed by atoms with Gasteiger partial charge in [0.05, 0.1) is 10.9 Å². The normalized spacial score (nSPS) is 24.6. The summed E-state index contributed by atoms with van der Waals surface area (Å²) >= 11 is 0. The highest BCUT2D eigenvalue weighted by atomic mass is 32.2. The second kappa shape index (κ2) is 5.18. The van der Waals surface area contributed by atoms with Gasteiger partial charge in [-0.25, -0.2) is 8.42 Å². The molecule has 1 saturated heterocycles. The van der Waals surface area contributed by atoms with Gasteiger partial charge in [0.2, 0.25) is 0 Å². The lowest BCUT2D eigenvalue weighted by atomic mass is 10.1. The van der Waals surface area contributed by atoms with Crippen molar-refractivity contribution in [3.05, 3.63) is 29.8 Å². The van der Waals surface area contributed by atoms with Crippen molar-refractivity contribution in [1.29, 1.82) is 0 Å². The van der Waals surface area contributed by atoms with Crippen LogP contribution in [0.15, 0.2) is 34.2 Å². The Morgan fingerprint density at radius 2 is 2.00 bits per heavy atom. The molecule has 1 fully saturated rings. The number of nitrogens with zero attached hydrogens (tertiary/aromatic N) is 2. The zero-order valence-corrected chi connectivity index (χ0v) is 12.4. The van der Waals surface area contributed by atoms with E-state index in [1.54, 1.807) is 12.1 Å². The molecule has 0 atom stereocenters. The van der Waals surface area contributed by atoms with Crippen LogP contribution in [0.5, 0.6) is 0 Å². The summed E-state index contributed by atoms with van der Waals surface area (Å²) in [6.45, 7) is 5.30. The van der Waals surface area contributed by atoms with Gasteiger partial charge in [0.1, 0.15) is 5.84 Å². The number of fused-ring (bicyclic) bond motifs is 1. The molecular weight excluding hydrogens is 274 g/mol. The summed E-state index contributed by atoms with van der Waals surface area (Å²) in [7, 11) is -3.41. The third kappa shape index (κ3) is 2.45. The molecule has 3 rings (SSSR count). The van der Waals surface area contributed by atoms with Crippen LogP contribution < -0.4 is 4.72 Å². The summed E-state index contributed by atoms with van der Waals surface area (Å²) in [5.41, 5.74) is 0.699. The van der Waals surface area contributed by atoms with Crippen molar-refractivity contribution >= 4 is 15.9 Å². The standard InChI is InChI=1S/C14H19N3O2S/c1-2-17-9-7-11(8-10-17)15-14-12-5-3-4-6-13(12)20(18,19)16-14/h3-6,11H,2,7-10H2,1H3,(H,15,16). The lowest BCUT2D eigenvalue weighted by molar-refractivity contribution is 0.224. The summed E-state index contributed by atoms with van der Waals surface area (Å²) in [4.78, 5) is 7.37. The van der Waals surface area contributed by atoms with Crippen LogP contribution >= 0.6 is 0 Å². The minimum atomic E-state index is -3.41. The summed E-state index contributed by atoms with van der Waals surface area (Å²) in [6.07, 6.45) is 1.97. The highest BCUT2D eigenvalue weighted by Crippen LogP contribution is 2.24. The molecule has 6 heteroatoms. The van der Waals surface area contributed by atoms with Gasteiger partial charge in [0.25, 0.3) is 10.0 Å². The first kappa shape index (κ1) is 13.6. The second-order valence-corrected chi connectivity index (χ2v) is 6.90. The van der Waals surface area contributed by atoms with Crippen LogP contribution in [0, 0.1) is 0 Å². The fraction of sp³-hybridized carbons (Fsp3) is 0.500. The number of rotatable bonds is 2. The first-order valence-corrected chi connectivity index (χ1v) is 8.51. The minimum absolute atomic E-state index is 0.210. The summed E-state index contributed by atoms with van der Waals surface area (Å²) in [6, 6.07) is 7.23. The molecule has 1 aromatic carbocycles. The third-order valence-corrected chi connectivity index (χ3v) is 5.38. The molecule has 2 aliphatic heterocycles. The zero-order chi connectivity index (χ0) is 14.2. The van der Waals surface area contributed by atoms with Gasteiger partial charge >= 0.3 is 0 Å². The minimum Gasteiger partial charge on any atom is -0.303 e. The molecule has 0 amide bonds. The highest BCUT2D eigenvalue weighted by molar-refractivity contribution is 7.90. The molecule has 2 heterocycles. The Labute approximate surface area is 119 Å². The van der Waals surface area contributed by atoms with E-state index < -0.39 is 10.0 Å². The van der Waals surface area contributed by atoms with Crippen LogP contribution in [0.3, 0.4) is 0 Å². The molecule has 0 unspecified atom stereocenters. The molecule has 0 spiro atoms. The van der Waals surface area contributed by atoms with E-state index in [-0.39, 0.29) is 6.04 Å². The Morgan fingerprint density at radius 3 is 2.70 bits per heavy atom. The molecule has 0 saturated carbocycles. The van der Waals surface area contributed by atoms with Crippen molar-refractivity contribution in [3.63, 3.8) is 0 Å².